The fourth-order valence-corrected chi connectivity index (χ4v) is 3.18. The summed E-state index contributed by atoms with van der Waals surface area (Å²) in [5.41, 5.74) is 1.26. The molecule has 0 aromatic heterocycles. The summed E-state index contributed by atoms with van der Waals surface area (Å²) < 4.78 is 11.2. The SMILES string of the molecule is CC(O)CC1CCCN1Cc1ccc2c(c1)OCCO2. The normalized spacial score (nSPS) is 23.8. The van der Waals surface area contributed by atoms with Crippen LogP contribution in [0, 0.1) is 0 Å². The highest BCUT2D eigenvalue weighted by Gasteiger charge is 2.25. The molecule has 0 amide bonds. The average molecular weight is 277 g/mol. The lowest BCUT2D eigenvalue weighted by atomic mass is 10.1. The van der Waals surface area contributed by atoms with E-state index in [0.717, 1.165) is 31.0 Å². The highest BCUT2D eigenvalue weighted by Crippen LogP contribution is 2.32. The Kier molecular flexibility index (Phi) is 4.13. The minimum Gasteiger partial charge on any atom is -0.486 e. The molecule has 0 spiro atoms. The highest BCUT2D eigenvalue weighted by molar-refractivity contribution is 5.43. The molecule has 1 aromatic carbocycles. The molecule has 2 unspecified atom stereocenters. The Morgan fingerprint density at radius 1 is 1.30 bits per heavy atom. The highest BCUT2D eigenvalue weighted by atomic mass is 16.6. The summed E-state index contributed by atoms with van der Waals surface area (Å²) in [4.78, 5) is 2.47. The first kappa shape index (κ1) is 13.7. The van der Waals surface area contributed by atoms with E-state index >= 15 is 0 Å². The molecule has 0 bridgehead atoms. The summed E-state index contributed by atoms with van der Waals surface area (Å²) >= 11 is 0. The van der Waals surface area contributed by atoms with Gasteiger partial charge in [-0.3, -0.25) is 4.90 Å². The molecule has 3 rings (SSSR count). The Balaban J connectivity index is 1.67. The van der Waals surface area contributed by atoms with Crippen LogP contribution < -0.4 is 9.47 Å². The van der Waals surface area contributed by atoms with Gasteiger partial charge < -0.3 is 14.6 Å². The van der Waals surface area contributed by atoms with Crippen molar-refractivity contribution in [1.82, 2.24) is 4.90 Å². The number of hydrogen-bond acceptors (Lipinski definition) is 4. The van der Waals surface area contributed by atoms with Gasteiger partial charge in [0.25, 0.3) is 0 Å². The Morgan fingerprint density at radius 2 is 2.10 bits per heavy atom. The van der Waals surface area contributed by atoms with Gasteiger partial charge in [0.1, 0.15) is 13.2 Å². The lowest BCUT2D eigenvalue weighted by Crippen LogP contribution is -2.31. The van der Waals surface area contributed by atoms with Crippen LogP contribution in [-0.2, 0) is 6.54 Å². The largest absolute Gasteiger partial charge is 0.486 e. The van der Waals surface area contributed by atoms with Gasteiger partial charge in [0.05, 0.1) is 6.10 Å². The summed E-state index contributed by atoms with van der Waals surface area (Å²) in [5.74, 6) is 1.71. The molecular weight excluding hydrogens is 254 g/mol. The second kappa shape index (κ2) is 6.02. The van der Waals surface area contributed by atoms with E-state index in [-0.39, 0.29) is 6.10 Å². The quantitative estimate of drug-likeness (QED) is 0.916. The van der Waals surface area contributed by atoms with Gasteiger partial charge in [-0.2, -0.15) is 0 Å². The van der Waals surface area contributed by atoms with Gasteiger partial charge in [0.2, 0.25) is 0 Å². The van der Waals surface area contributed by atoms with Gasteiger partial charge in [-0.15, -0.1) is 0 Å². The van der Waals surface area contributed by atoms with E-state index in [9.17, 15) is 5.11 Å². The molecule has 0 aliphatic carbocycles. The number of nitrogens with zero attached hydrogens (tertiary/aromatic N) is 1. The van der Waals surface area contributed by atoms with Gasteiger partial charge in [-0.1, -0.05) is 6.07 Å². The average Bonchev–Trinajstić information content (AvgIpc) is 2.85. The van der Waals surface area contributed by atoms with Crippen LogP contribution in [0.2, 0.25) is 0 Å². The number of benzene rings is 1. The van der Waals surface area contributed by atoms with Crippen molar-refractivity contribution in [3.8, 4) is 11.5 Å². The second-order valence-corrected chi connectivity index (χ2v) is 5.83. The van der Waals surface area contributed by atoms with Gasteiger partial charge in [0.15, 0.2) is 11.5 Å². The fraction of sp³-hybridized carbons (Fsp3) is 0.625. The molecule has 2 atom stereocenters. The predicted molar refractivity (Wildman–Crippen MR) is 77.2 cm³/mol. The predicted octanol–water partition coefficient (Wildman–Crippen LogP) is 2.19. The first-order valence-corrected chi connectivity index (χ1v) is 7.53. The van der Waals surface area contributed by atoms with E-state index in [1.807, 2.05) is 13.0 Å². The van der Waals surface area contributed by atoms with E-state index in [1.165, 1.54) is 18.4 Å². The topological polar surface area (TPSA) is 41.9 Å². The number of likely N-dealkylation sites (tertiary alicyclic amines) is 1. The van der Waals surface area contributed by atoms with Crippen molar-refractivity contribution in [3.63, 3.8) is 0 Å². The maximum absolute atomic E-state index is 9.59. The van der Waals surface area contributed by atoms with Crippen LogP contribution >= 0.6 is 0 Å². The summed E-state index contributed by atoms with van der Waals surface area (Å²) in [7, 11) is 0. The van der Waals surface area contributed by atoms with Crippen molar-refractivity contribution in [2.24, 2.45) is 0 Å². The zero-order valence-electron chi connectivity index (χ0n) is 12.0. The molecule has 110 valence electrons. The third kappa shape index (κ3) is 3.07. The maximum atomic E-state index is 9.59. The number of aliphatic hydroxyl groups is 1. The van der Waals surface area contributed by atoms with Gasteiger partial charge >= 0.3 is 0 Å². The van der Waals surface area contributed by atoms with Crippen molar-refractivity contribution in [1.29, 1.82) is 0 Å². The van der Waals surface area contributed by atoms with Gasteiger partial charge in [0, 0.05) is 12.6 Å². The van der Waals surface area contributed by atoms with Crippen LogP contribution in [0.3, 0.4) is 0 Å². The van der Waals surface area contributed by atoms with Crippen molar-refractivity contribution >= 4 is 0 Å². The summed E-state index contributed by atoms with van der Waals surface area (Å²) in [6, 6.07) is 6.71. The van der Waals surface area contributed by atoms with Crippen LogP contribution in [0.5, 0.6) is 11.5 Å². The Morgan fingerprint density at radius 3 is 2.90 bits per heavy atom. The fourth-order valence-electron chi connectivity index (χ4n) is 3.18. The molecule has 0 radical (unpaired) electrons. The molecular formula is C16H23NO3. The van der Waals surface area contributed by atoms with Crippen LogP contribution in [0.4, 0.5) is 0 Å². The monoisotopic (exact) mass is 277 g/mol. The molecule has 0 saturated carbocycles. The van der Waals surface area contributed by atoms with Gasteiger partial charge in [-0.25, -0.2) is 0 Å². The summed E-state index contributed by atoms with van der Waals surface area (Å²) in [6.45, 7) is 5.18. The molecule has 1 fully saturated rings. The number of aliphatic hydroxyl groups excluding tert-OH is 1. The molecule has 4 nitrogen and oxygen atoms in total. The molecule has 4 heteroatoms. The number of ether oxygens (including phenoxy) is 2. The van der Waals surface area contributed by atoms with E-state index in [4.69, 9.17) is 9.47 Å². The molecule has 1 N–H and O–H groups in total. The molecule has 2 aliphatic rings. The molecule has 1 aromatic rings. The lowest BCUT2D eigenvalue weighted by molar-refractivity contribution is 0.130. The first-order chi connectivity index (χ1) is 9.72. The minimum absolute atomic E-state index is 0.221. The smallest absolute Gasteiger partial charge is 0.161 e. The summed E-state index contributed by atoms with van der Waals surface area (Å²) in [5, 5.41) is 9.59. The van der Waals surface area contributed by atoms with Crippen LogP contribution in [0.15, 0.2) is 18.2 Å². The van der Waals surface area contributed by atoms with Crippen LogP contribution in [0.25, 0.3) is 0 Å². The Bertz CT molecular complexity index is 461. The Labute approximate surface area is 120 Å². The zero-order chi connectivity index (χ0) is 13.9. The molecule has 20 heavy (non-hydrogen) atoms. The lowest BCUT2D eigenvalue weighted by Gasteiger charge is -2.26. The van der Waals surface area contributed by atoms with E-state index < -0.39 is 0 Å². The summed E-state index contributed by atoms with van der Waals surface area (Å²) in [6.07, 6.45) is 3.06. The zero-order valence-corrected chi connectivity index (χ0v) is 12.0. The minimum atomic E-state index is -0.221. The molecule has 2 aliphatic heterocycles. The third-order valence-electron chi connectivity index (χ3n) is 4.10. The van der Waals surface area contributed by atoms with E-state index in [1.54, 1.807) is 0 Å². The number of rotatable bonds is 4. The van der Waals surface area contributed by atoms with Crippen LogP contribution in [-0.4, -0.2) is 41.9 Å². The second-order valence-electron chi connectivity index (χ2n) is 5.83. The third-order valence-corrected chi connectivity index (χ3v) is 4.10. The standard InChI is InChI=1S/C16H23NO3/c1-12(18)9-14-3-2-6-17(14)11-13-4-5-15-16(10-13)20-8-7-19-15/h4-5,10,12,14,18H,2-3,6-9,11H2,1H3. The van der Waals surface area contributed by atoms with E-state index in [2.05, 4.69) is 17.0 Å². The number of hydrogen-bond donors (Lipinski definition) is 1. The first-order valence-electron chi connectivity index (χ1n) is 7.53. The maximum Gasteiger partial charge on any atom is 0.161 e. The van der Waals surface area contributed by atoms with Crippen molar-refractivity contribution in [2.45, 2.75) is 44.9 Å². The van der Waals surface area contributed by atoms with Crippen molar-refractivity contribution in [3.05, 3.63) is 23.8 Å². The van der Waals surface area contributed by atoms with E-state index in [0.29, 0.717) is 19.3 Å². The van der Waals surface area contributed by atoms with Gasteiger partial charge in [-0.05, 0) is 50.4 Å². The van der Waals surface area contributed by atoms with Crippen molar-refractivity contribution < 1.29 is 14.6 Å². The van der Waals surface area contributed by atoms with Crippen LogP contribution in [0.1, 0.15) is 31.7 Å². The van der Waals surface area contributed by atoms with Crippen molar-refractivity contribution in [2.75, 3.05) is 19.8 Å². The molecule has 1 saturated heterocycles. The number of fused-ring (bicyclic) bond motifs is 1. The molecule has 2 heterocycles. The Hall–Kier alpha value is -1.26.